The van der Waals surface area contributed by atoms with Crippen LogP contribution in [-0.4, -0.2) is 22.9 Å². The Labute approximate surface area is 107 Å². The number of halogens is 4. The second-order valence-electron chi connectivity index (χ2n) is 3.70. The summed E-state index contributed by atoms with van der Waals surface area (Å²) in [5.41, 5.74) is 16.7. The van der Waals surface area contributed by atoms with Gasteiger partial charge in [0.05, 0.1) is 11.7 Å². The summed E-state index contributed by atoms with van der Waals surface area (Å²) >= 11 is 0. The van der Waals surface area contributed by atoms with E-state index in [1.165, 1.54) is 0 Å². The van der Waals surface area contributed by atoms with Gasteiger partial charge in [0.2, 0.25) is 0 Å². The molecule has 0 aliphatic rings. The largest absolute Gasteiger partial charge is 0.673 e. The summed E-state index contributed by atoms with van der Waals surface area (Å²) < 4.78 is 39.0. The lowest BCUT2D eigenvalue weighted by atomic mass is 10.0. The van der Waals surface area contributed by atoms with E-state index in [1.807, 2.05) is 0 Å². The van der Waals surface area contributed by atoms with Gasteiger partial charge in [-0.1, -0.05) is 0 Å². The molecule has 3 N–H and O–H groups in total. The van der Waals surface area contributed by atoms with Crippen LogP contribution in [0.4, 0.5) is 23.0 Å². The minimum atomic E-state index is -6.00. The number of aliphatic hydroxyl groups is 1. The third-order valence-corrected chi connectivity index (χ3v) is 2.10. The number of nitrogen functional groups attached to an aromatic ring is 1. The molecule has 1 atom stereocenters. The van der Waals surface area contributed by atoms with E-state index in [0.29, 0.717) is 17.0 Å². The molecular formula is C10H13BF4N3O-. The standard InChI is InChI=1S/C10H13N3O.BF4/c1-6(13-12)8-3-4-10(11)9(5-8)7(2)14;2-1(3,4)5/h3-5,7,14H,11H2,1-2H3;/q;-1. The Morgan fingerprint density at radius 3 is 2.21 bits per heavy atom. The van der Waals surface area contributed by atoms with Crippen LogP contribution in [0.1, 0.15) is 31.1 Å². The van der Waals surface area contributed by atoms with E-state index >= 15 is 0 Å². The monoisotopic (exact) mass is 278 g/mol. The van der Waals surface area contributed by atoms with Gasteiger partial charge in [-0.2, -0.15) is 4.79 Å². The second-order valence-corrected chi connectivity index (χ2v) is 3.70. The Morgan fingerprint density at radius 1 is 1.37 bits per heavy atom. The van der Waals surface area contributed by atoms with Crippen molar-refractivity contribution in [1.82, 2.24) is 0 Å². The van der Waals surface area contributed by atoms with Crippen molar-refractivity contribution in [2.24, 2.45) is 0 Å². The average molecular weight is 278 g/mol. The third-order valence-electron chi connectivity index (χ3n) is 2.10. The van der Waals surface area contributed by atoms with E-state index in [2.05, 4.69) is 4.79 Å². The number of anilines is 1. The van der Waals surface area contributed by atoms with Crippen molar-refractivity contribution in [3.8, 4) is 0 Å². The molecule has 0 aliphatic heterocycles. The molecule has 4 nitrogen and oxygen atoms in total. The van der Waals surface area contributed by atoms with Gasteiger partial charge in [0.25, 0.3) is 5.71 Å². The average Bonchev–Trinajstić information content (AvgIpc) is 2.26. The predicted octanol–water partition coefficient (Wildman–Crippen LogP) is 2.66. The van der Waals surface area contributed by atoms with Gasteiger partial charge in [0.15, 0.2) is 0 Å². The SMILES string of the molecule is CC(=[N+]=[N-])c1ccc(N)c(C(C)O)c1.F[B-](F)(F)F. The Kier molecular flexibility index (Phi) is 6.24. The van der Waals surface area contributed by atoms with Crippen molar-refractivity contribution in [3.05, 3.63) is 34.9 Å². The lowest BCUT2D eigenvalue weighted by Gasteiger charge is -2.08. The van der Waals surface area contributed by atoms with Gasteiger partial charge < -0.3 is 33.6 Å². The van der Waals surface area contributed by atoms with Gasteiger partial charge in [-0.05, 0) is 25.1 Å². The molecule has 0 saturated carbocycles. The number of nitrogens with two attached hydrogens (primary N) is 1. The fourth-order valence-corrected chi connectivity index (χ4v) is 1.22. The number of benzene rings is 1. The lowest BCUT2D eigenvalue weighted by molar-refractivity contribution is -0.00461. The zero-order valence-electron chi connectivity index (χ0n) is 10.3. The van der Waals surface area contributed by atoms with E-state index in [1.54, 1.807) is 32.0 Å². The molecule has 9 heteroatoms. The van der Waals surface area contributed by atoms with Crippen LogP contribution in [-0.2, 0) is 0 Å². The Morgan fingerprint density at radius 2 is 1.84 bits per heavy atom. The highest BCUT2D eigenvalue weighted by molar-refractivity contribution is 6.50. The minimum Gasteiger partial charge on any atom is -0.418 e. The van der Waals surface area contributed by atoms with Crippen molar-refractivity contribution in [2.75, 3.05) is 5.73 Å². The van der Waals surface area contributed by atoms with Crippen LogP contribution in [0.15, 0.2) is 18.2 Å². The molecule has 0 fully saturated rings. The highest BCUT2D eigenvalue weighted by Crippen LogP contribution is 2.21. The Hall–Kier alpha value is -1.86. The molecule has 0 amide bonds. The summed E-state index contributed by atoms with van der Waals surface area (Å²) in [4.78, 5) is 3.08. The highest BCUT2D eigenvalue weighted by atomic mass is 19.5. The Balaban J connectivity index is 0.000000555. The molecule has 1 aromatic rings. The summed E-state index contributed by atoms with van der Waals surface area (Å²) in [6, 6.07) is 5.15. The molecule has 0 bridgehead atoms. The highest BCUT2D eigenvalue weighted by Gasteiger charge is 2.20. The zero-order valence-corrected chi connectivity index (χ0v) is 10.3. The molecule has 0 aliphatic carbocycles. The molecular weight excluding hydrogens is 265 g/mol. The maximum Gasteiger partial charge on any atom is 0.673 e. The summed E-state index contributed by atoms with van der Waals surface area (Å²) in [6.45, 7) is 3.32. The molecule has 0 saturated heterocycles. The fourth-order valence-electron chi connectivity index (χ4n) is 1.22. The molecule has 0 radical (unpaired) electrons. The maximum absolute atomic E-state index is 9.75. The van der Waals surface area contributed by atoms with Crippen molar-refractivity contribution in [3.63, 3.8) is 0 Å². The molecule has 19 heavy (non-hydrogen) atoms. The first-order valence-electron chi connectivity index (χ1n) is 5.20. The van der Waals surface area contributed by atoms with Gasteiger partial charge >= 0.3 is 7.25 Å². The number of nitrogens with zero attached hydrogens (tertiary/aromatic N) is 2. The summed E-state index contributed by atoms with van der Waals surface area (Å²) in [5, 5.41) is 9.40. The molecule has 1 aromatic carbocycles. The van der Waals surface area contributed by atoms with Crippen molar-refractivity contribution >= 4 is 18.7 Å². The van der Waals surface area contributed by atoms with Crippen LogP contribution < -0.4 is 5.73 Å². The molecule has 0 heterocycles. The molecule has 1 unspecified atom stereocenters. The molecule has 106 valence electrons. The van der Waals surface area contributed by atoms with E-state index < -0.39 is 13.4 Å². The van der Waals surface area contributed by atoms with E-state index in [9.17, 15) is 22.4 Å². The Bertz CT molecular complexity index is 478. The van der Waals surface area contributed by atoms with Gasteiger partial charge in [-0.15, -0.1) is 0 Å². The number of rotatable bonds is 2. The smallest absolute Gasteiger partial charge is 0.418 e. The van der Waals surface area contributed by atoms with Gasteiger partial charge in [-0.3, -0.25) is 0 Å². The van der Waals surface area contributed by atoms with Crippen LogP contribution in [0.2, 0.25) is 0 Å². The number of aliphatic hydroxyl groups excluding tert-OH is 1. The van der Waals surface area contributed by atoms with Gasteiger partial charge in [0, 0.05) is 18.2 Å². The summed E-state index contributed by atoms with van der Waals surface area (Å²) in [5.74, 6) is 0. The van der Waals surface area contributed by atoms with Crippen LogP contribution in [0, 0.1) is 0 Å². The quantitative estimate of drug-likeness (QED) is 0.218. The fraction of sp³-hybridized carbons (Fsp3) is 0.300. The van der Waals surface area contributed by atoms with Crippen molar-refractivity contribution < 1.29 is 27.2 Å². The topological polar surface area (TPSA) is 82.7 Å². The number of hydrogen-bond donors (Lipinski definition) is 2. The van der Waals surface area contributed by atoms with Gasteiger partial charge in [-0.25, -0.2) is 0 Å². The molecule has 1 rings (SSSR count). The minimum absolute atomic E-state index is 0.493. The summed E-state index contributed by atoms with van der Waals surface area (Å²) in [6.07, 6.45) is -0.624. The molecule has 0 aromatic heterocycles. The van der Waals surface area contributed by atoms with Crippen molar-refractivity contribution in [2.45, 2.75) is 20.0 Å². The first-order chi connectivity index (χ1) is 8.56. The maximum atomic E-state index is 9.75. The lowest BCUT2D eigenvalue weighted by Crippen LogP contribution is -2.03. The normalized spacial score (nSPS) is 11.9. The third kappa shape index (κ3) is 7.22. The van der Waals surface area contributed by atoms with Crippen LogP contribution in [0.25, 0.3) is 5.53 Å². The summed E-state index contributed by atoms with van der Waals surface area (Å²) in [7, 11) is -6.00. The molecule has 0 spiro atoms. The van der Waals surface area contributed by atoms with E-state index in [0.717, 1.165) is 5.56 Å². The predicted molar refractivity (Wildman–Crippen MR) is 65.1 cm³/mol. The van der Waals surface area contributed by atoms with Crippen LogP contribution in [0.3, 0.4) is 0 Å². The van der Waals surface area contributed by atoms with Crippen LogP contribution >= 0.6 is 0 Å². The van der Waals surface area contributed by atoms with Gasteiger partial charge in [0.1, 0.15) is 0 Å². The van der Waals surface area contributed by atoms with Crippen LogP contribution in [0.5, 0.6) is 0 Å². The van der Waals surface area contributed by atoms with E-state index in [-0.39, 0.29) is 0 Å². The first kappa shape index (κ1) is 17.1. The first-order valence-corrected chi connectivity index (χ1v) is 5.20. The number of hydrogen-bond acceptors (Lipinski definition) is 2. The van der Waals surface area contributed by atoms with Crippen molar-refractivity contribution in [1.29, 1.82) is 0 Å². The van der Waals surface area contributed by atoms with E-state index in [4.69, 9.17) is 11.3 Å². The second kappa shape index (κ2) is 6.91. The zero-order chi connectivity index (χ0) is 15.2.